The lowest BCUT2D eigenvalue weighted by molar-refractivity contribution is 0.0985. The summed E-state index contributed by atoms with van der Waals surface area (Å²) in [7, 11) is 0. The van der Waals surface area contributed by atoms with Crippen molar-refractivity contribution in [2.45, 2.75) is 50.8 Å². The van der Waals surface area contributed by atoms with Crippen molar-refractivity contribution in [1.29, 1.82) is 0 Å². The van der Waals surface area contributed by atoms with Crippen molar-refractivity contribution in [3.8, 4) is 0 Å². The Balaban J connectivity index is 2.55. The Morgan fingerprint density at radius 1 is 1.35 bits per heavy atom. The minimum atomic E-state index is 0.146. The number of hydrogen-bond donors (Lipinski definition) is 1. The molecule has 112 valence electrons. The Morgan fingerprint density at radius 2 is 2.15 bits per heavy atom. The summed E-state index contributed by atoms with van der Waals surface area (Å²) in [4.78, 5) is 13.0. The van der Waals surface area contributed by atoms with Gasteiger partial charge in [0.25, 0.3) is 0 Å². The number of Topliss-reactive ketones (excluding diaryl/α,β-unsaturated/α-hetero) is 1. The van der Waals surface area contributed by atoms with Gasteiger partial charge in [-0.05, 0) is 31.0 Å². The molecule has 1 unspecified atom stereocenters. The second-order valence-corrected chi connectivity index (χ2v) is 6.31. The second kappa shape index (κ2) is 10.0. The summed E-state index contributed by atoms with van der Waals surface area (Å²) in [6, 6.07) is 7.96. The van der Waals surface area contributed by atoms with Crippen molar-refractivity contribution < 1.29 is 4.79 Å². The zero-order chi connectivity index (χ0) is 14.8. The zero-order valence-electron chi connectivity index (χ0n) is 12.7. The highest BCUT2D eigenvalue weighted by molar-refractivity contribution is 7.99. The molecule has 0 heterocycles. The van der Waals surface area contributed by atoms with Gasteiger partial charge in [0.15, 0.2) is 5.78 Å². The molecule has 1 aromatic rings. The van der Waals surface area contributed by atoms with E-state index in [-0.39, 0.29) is 5.78 Å². The molecule has 0 aliphatic rings. The smallest absolute Gasteiger partial charge is 0.164 e. The lowest BCUT2D eigenvalue weighted by Gasteiger charge is -2.14. The highest BCUT2D eigenvalue weighted by Gasteiger charge is 2.09. The Bertz CT molecular complexity index is 406. The van der Waals surface area contributed by atoms with E-state index in [0.717, 1.165) is 17.2 Å². The van der Waals surface area contributed by atoms with Crippen LogP contribution < -0.4 is 5.73 Å². The van der Waals surface area contributed by atoms with Crippen molar-refractivity contribution in [2.75, 3.05) is 12.3 Å². The SMILES string of the molecule is CCCCC(CC)CSc1cccc(C(=O)CCN)c1. The van der Waals surface area contributed by atoms with Crippen molar-refractivity contribution in [3.63, 3.8) is 0 Å². The number of carbonyl (C=O) groups is 1. The van der Waals surface area contributed by atoms with E-state index in [1.54, 1.807) is 0 Å². The number of nitrogens with two attached hydrogens (primary N) is 1. The van der Waals surface area contributed by atoms with E-state index >= 15 is 0 Å². The van der Waals surface area contributed by atoms with Crippen molar-refractivity contribution >= 4 is 17.5 Å². The van der Waals surface area contributed by atoms with Gasteiger partial charge in [-0.3, -0.25) is 4.79 Å². The molecule has 0 bridgehead atoms. The average Bonchev–Trinajstić information content (AvgIpc) is 2.48. The van der Waals surface area contributed by atoms with Crippen LogP contribution in [0.25, 0.3) is 0 Å². The van der Waals surface area contributed by atoms with Crippen LogP contribution in [0.3, 0.4) is 0 Å². The summed E-state index contributed by atoms with van der Waals surface area (Å²) in [5.41, 5.74) is 6.24. The number of benzene rings is 1. The molecule has 0 spiro atoms. The van der Waals surface area contributed by atoms with Crippen LogP contribution in [-0.4, -0.2) is 18.1 Å². The van der Waals surface area contributed by atoms with Crippen LogP contribution in [0.1, 0.15) is 56.3 Å². The highest BCUT2D eigenvalue weighted by Crippen LogP contribution is 2.25. The van der Waals surface area contributed by atoms with Gasteiger partial charge < -0.3 is 5.73 Å². The summed E-state index contributed by atoms with van der Waals surface area (Å²) in [6.45, 7) is 4.93. The third-order valence-electron chi connectivity index (χ3n) is 3.56. The monoisotopic (exact) mass is 293 g/mol. The molecule has 0 saturated heterocycles. The summed E-state index contributed by atoms with van der Waals surface area (Å²) in [6.07, 6.45) is 5.56. The van der Waals surface area contributed by atoms with Crippen molar-refractivity contribution in [3.05, 3.63) is 29.8 Å². The van der Waals surface area contributed by atoms with E-state index < -0.39 is 0 Å². The first kappa shape index (κ1) is 17.3. The summed E-state index contributed by atoms with van der Waals surface area (Å²) >= 11 is 1.87. The highest BCUT2D eigenvalue weighted by atomic mass is 32.2. The van der Waals surface area contributed by atoms with Crippen LogP contribution in [0, 0.1) is 5.92 Å². The largest absolute Gasteiger partial charge is 0.330 e. The molecule has 0 saturated carbocycles. The van der Waals surface area contributed by atoms with Crippen LogP contribution in [0.5, 0.6) is 0 Å². The lowest BCUT2D eigenvalue weighted by atomic mass is 10.0. The van der Waals surface area contributed by atoms with E-state index in [2.05, 4.69) is 19.9 Å². The molecule has 0 fully saturated rings. The molecule has 20 heavy (non-hydrogen) atoms. The minimum absolute atomic E-state index is 0.146. The quantitative estimate of drug-likeness (QED) is 0.509. The van der Waals surface area contributed by atoms with Crippen molar-refractivity contribution in [1.82, 2.24) is 0 Å². The number of hydrogen-bond acceptors (Lipinski definition) is 3. The van der Waals surface area contributed by atoms with Crippen LogP contribution >= 0.6 is 11.8 Å². The Morgan fingerprint density at radius 3 is 2.80 bits per heavy atom. The molecule has 0 amide bonds. The second-order valence-electron chi connectivity index (χ2n) is 5.22. The predicted octanol–water partition coefficient (Wildman–Crippen LogP) is 4.53. The molecule has 0 aliphatic carbocycles. The maximum absolute atomic E-state index is 11.8. The van der Waals surface area contributed by atoms with E-state index in [0.29, 0.717) is 13.0 Å². The van der Waals surface area contributed by atoms with E-state index in [1.165, 1.54) is 30.6 Å². The molecule has 1 atom stereocenters. The molecule has 0 aliphatic heterocycles. The van der Waals surface area contributed by atoms with E-state index in [9.17, 15) is 4.79 Å². The average molecular weight is 293 g/mol. The first-order chi connectivity index (χ1) is 9.71. The number of ketones is 1. The molecule has 1 aromatic carbocycles. The number of carbonyl (C=O) groups excluding carboxylic acids is 1. The van der Waals surface area contributed by atoms with Crippen LogP contribution in [-0.2, 0) is 0 Å². The van der Waals surface area contributed by atoms with Gasteiger partial charge in [0.1, 0.15) is 0 Å². The molecular formula is C17H27NOS. The molecule has 3 heteroatoms. The van der Waals surface area contributed by atoms with Gasteiger partial charge >= 0.3 is 0 Å². The zero-order valence-corrected chi connectivity index (χ0v) is 13.5. The number of thioether (sulfide) groups is 1. The van der Waals surface area contributed by atoms with Gasteiger partial charge in [0.05, 0.1) is 0 Å². The standard InChI is InChI=1S/C17H27NOS/c1-3-5-7-14(4-2)13-20-16-9-6-8-15(12-16)17(19)10-11-18/h6,8-9,12,14H,3-5,7,10-11,13,18H2,1-2H3. The maximum Gasteiger partial charge on any atom is 0.164 e. The van der Waals surface area contributed by atoms with E-state index in [4.69, 9.17) is 5.73 Å². The maximum atomic E-state index is 11.8. The summed E-state index contributed by atoms with van der Waals surface area (Å²) < 4.78 is 0. The predicted molar refractivity (Wildman–Crippen MR) is 88.5 cm³/mol. The molecule has 0 radical (unpaired) electrons. The van der Waals surface area contributed by atoms with Gasteiger partial charge in [-0.1, -0.05) is 45.2 Å². The fraction of sp³-hybridized carbons (Fsp3) is 0.588. The first-order valence-electron chi connectivity index (χ1n) is 7.67. The van der Waals surface area contributed by atoms with Gasteiger partial charge in [-0.2, -0.15) is 0 Å². The normalized spacial score (nSPS) is 12.3. The van der Waals surface area contributed by atoms with Crippen LogP contribution in [0.2, 0.25) is 0 Å². The Hall–Kier alpha value is -0.800. The first-order valence-corrected chi connectivity index (χ1v) is 8.65. The van der Waals surface area contributed by atoms with Crippen LogP contribution in [0.15, 0.2) is 29.2 Å². The molecular weight excluding hydrogens is 266 g/mol. The lowest BCUT2D eigenvalue weighted by Crippen LogP contribution is -2.08. The Kier molecular flexibility index (Phi) is 8.63. The molecule has 2 N–H and O–H groups in total. The van der Waals surface area contributed by atoms with Gasteiger partial charge in [0, 0.05) is 22.6 Å². The van der Waals surface area contributed by atoms with Crippen LogP contribution in [0.4, 0.5) is 0 Å². The fourth-order valence-electron chi connectivity index (χ4n) is 2.15. The molecule has 1 rings (SSSR count). The summed E-state index contributed by atoms with van der Waals surface area (Å²) in [5, 5.41) is 0. The van der Waals surface area contributed by atoms with Gasteiger partial charge in [0.2, 0.25) is 0 Å². The molecule has 2 nitrogen and oxygen atoms in total. The van der Waals surface area contributed by atoms with E-state index in [1.807, 2.05) is 30.0 Å². The number of rotatable bonds is 10. The Labute approximate surface area is 127 Å². The van der Waals surface area contributed by atoms with Gasteiger partial charge in [-0.15, -0.1) is 11.8 Å². The molecule has 0 aromatic heterocycles. The fourth-order valence-corrected chi connectivity index (χ4v) is 3.36. The van der Waals surface area contributed by atoms with Gasteiger partial charge in [-0.25, -0.2) is 0 Å². The third-order valence-corrected chi connectivity index (χ3v) is 4.78. The van der Waals surface area contributed by atoms with Crippen molar-refractivity contribution in [2.24, 2.45) is 11.7 Å². The third kappa shape index (κ3) is 6.10. The summed E-state index contributed by atoms with van der Waals surface area (Å²) in [5.74, 6) is 2.07. The minimum Gasteiger partial charge on any atom is -0.330 e. The number of unbranched alkanes of at least 4 members (excludes halogenated alkanes) is 1. The topological polar surface area (TPSA) is 43.1 Å².